The van der Waals surface area contributed by atoms with E-state index in [9.17, 15) is 0 Å². The molecule has 0 aromatic heterocycles. The molecular weight excluding hydrogens is 371 g/mol. The molecule has 8 heteroatoms. The Morgan fingerprint density at radius 2 is 2.22 bits per heavy atom. The summed E-state index contributed by atoms with van der Waals surface area (Å²) in [6.07, 6.45) is 5.19. The molecule has 4 rings (SSSR count). The first-order valence-electron chi connectivity index (χ1n) is 7.79. The lowest BCUT2D eigenvalue weighted by atomic mass is 9.89. The van der Waals surface area contributed by atoms with Gasteiger partial charge in [-0.1, -0.05) is 23.5 Å². The van der Waals surface area contributed by atoms with E-state index in [1.165, 1.54) is 36.5 Å². The summed E-state index contributed by atoms with van der Waals surface area (Å²) in [5.41, 5.74) is 1.54. The molecule has 23 heavy (non-hydrogen) atoms. The summed E-state index contributed by atoms with van der Waals surface area (Å²) >= 11 is 3.64. The minimum atomic E-state index is 0. The molecule has 2 atom stereocenters. The summed E-state index contributed by atoms with van der Waals surface area (Å²) < 4.78 is 0. The Bertz CT molecular complexity index is 548. The van der Waals surface area contributed by atoms with Gasteiger partial charge in [-0.3, -0.25) is 9.98 Å². The quantitative estimate of drug-likeness (QED) is 0.771. The molecule has 1 aliphatic carbocycles. The molecule has 1 fully saturated rings. The average Bonchev–Trinajstić information content (AvgIpc) is 3.00. The van der Waals surface area contributed by atoms with Gasteiger partial charge in [0, 0.05) is 17.5 Å². The first kappa shape index (κ1) is 19.3. The molecule has 0 amide bonds. The van der Waals surface area contributed by atoms with Gasteiger partial charge in [-0.25, -0.2) is 0 Å². The Hall–Kier alpha value is -0.0400. The van der Waals surface area contributed by atoms with Gasteiger partial charge in [-0.05, 0) is 44.9 Å². The van der Waals surface area contributed by atoms with Crippen LogP contribution in [-0.2, 0) is 0 Å². The number of halogens is 2. The summed E-state index contributed by atoms with van der Waals surface area (Å²) in [7, 11) is 0. The Morgan fingerprint density at radius 1 is 1.39 bits per heavy atom. The van der Waals surface area contributed by atoms with Crippen molar-refractivity contribution in [1.29, 1.82) is 0 Å². The number of nitrogens with one attached hydrogen (secondary N) is 1. The summed E-state index contributed by atoms with van der Waals surface area (Å²) in [5.74, 6) is 0.995. The topological polar surface area (TPSA) is 40.0 Å². The van der Waals surface area contributed by atoms with Gasteiger partial charge >= 0.3 is 0 Å². The van der Waals surface area contributed by atoms with Crippen molar-refractivity contribution in [2.75, 3.05) is 12.3 Å². The highest BCUT2D eigenvalue weighted by Gasteiger charge is 2.38. The van der Waals surface area contributed by atoms with Crippen molar-refractivity contribution in [3.8, 4) is 0 Å². The summed E-state index contributed by atoms with van der Waals surface area (Å²) in [6.45, 7) is 5.28. The SMILES string of the molecule is CC1(C)CN=C(SCC2=CSC3=N[C@@H]4CCC[C@@H](C4)N23)N1.Cl.Cl. The zero-order chi connectivity index (χ0) is 14.4. The van der Waals surface area contributed by atoms with E-state index in [0.717, 1.165) is 17.5 Å². The van der Waals surface area contributed by atoms with E-state index >= 15 is 0 Å². The van der Waals surface area contributed by atoms with Crippen LogP contribution >= 0.6 is 48.3 Å². The Labute approximate surface area is 159 Å². The van der Waals surface area contributed by atoms with Crippen LogP contribution in [0.5, 0.6) is 0 Å². The number of hydrogen-bond donors (Lipinski definition) is 1. The first-order chi connectivity index (χ1) is 10.1. The minimum absolute atomic E-state index is 0. The second-order valence-corrected chi connectivity index (χ2v) is 8.70. The fourth-order valence-electron chi connectivity index (χ4n) is 3.45. The number of nitrogens with zero attached hydrogens (tertiary/aromatic N) is 3. The standard InChI is InChI=1S/C15H22N4S2.2ClH/c1-15(2)9-16-13(18-15)20-7-12-8-21-14-17-10-4-3-5-11(6-10)19(12)14;;/h8,10-11H,3-7,9H2,1-2H3,(H,16,18);2*1H/t10-,11+;;/m1../s1. The van der Waals surface area contributed by atoms with Crippen LogP contribution in [0.15, 0.2) is 21.1 Å². The molecule has 0 aromatic rings. The smallest absolute Gasteiger partial charge is 0.168 e. The predicted octanol–water partition coefficient (Wildman–Crippen LogP) is 3.87. The highest BCUT2D eigenvalue weighted by Crippen LogP contribution is 2.40. The number of amidine groups is 2. The van der Waals surface area contributed by atoms with Crippen molar-refractivity contribution in [3.63, 3.8) is 0 Å². The molecule has 130 valence electrons. The highest BCUT2D eigenvalue weighted by molar-refractivity contribution is 8.17. The van der Waals surface area contributed by atoms with Crippen LogP contribution in [0.1, 0.15) is 39.5 Å². The van der Waals surface area contributed by atoms with E-state index < -0.39 is 0 Å². The van der Waals surface area contributed by atoms with Gasteiger partial charge in [0.15, 0.2) is 10.3 Å². The third-order valence-corrected chi connectivity index (χ3v) is 6.36. The van der Waals surface area contributed by atoms with Crippen molar-refractivity contribution < 1.29 is 0 Å². The van der Waals surface area contributed by atoms with Crippen LogP contribution in [0.4, 0.5) is 0 Å². The van der Waals surface area contributed by atoms with Crippen LogP contribution < -0.4 is 5.32 Å². The van der Waals surface area contributed by atoms with E-state index in [0.29, 0.717) is 12.1 Å². The maximum atomic E-state index is 4.92. The van der Waals surface area contributed by atoms with Crippen LogP contribution in [-0.4, -0.2) is 45.2 Å². The van der Waals surface area contributed by atoms with Gasteiger partial charge in [-0.2, -0.15) is 0 Å². The zero-order valence-corrected chi connectivity index (χ0v) is 16.7. The fraction of sp³-hybridized carbons (Fsp3) is 0.733. The highest BCUT2D eigenvalue weighted by atomic mass is 35.5. The van der Waals surface area contributed by atoms with Crippen LogP contribution in [0.25, 0.3) is 0 Å². The van der Waals surface area contributed by atoms with Crippen LogP contribution in [0, 0.1) is 0 Å². The lowest BCUT2D eigenvalue weighted by molar-refractivity contribution is 0.248. The maximum absolute atomic E-state index is 4.92. The average molecular weight is 395 g/mol. The summed E-state index contributed by atoms with van der Waals surface area (Å²) in [6, 6.07) is 1.28. The van der Waals surface area contributed by atoms with E-state index in [1.807, 2.05) is 23.5 Å². The summed E-state index contributed by atoms with van der Waals surface area (Å²) in [4.78, 5) is 12.0. The molecule has 1 saturated carbocycles. The number of fused-ring (bicyclic) bond motifs is 4. The predicted molar refractivity (Wildman–Crippen MR) is 107 cm³/mol. The lowest BCUT2D eigenvalue weighted by Crippen LogP contribution is -2.45. The number of thioether (sulfide) groups is 2. The molecule has 2 bridgehead atoms. The van der Waals surface area contributed by atoms with Gasteiger partial charge in [-0.15, -0.1) is 24.8 Å². The van der Waals surface area contributed by atoms with E-state index in [4.69, 9.17) is 4.99 Å². The van der Waals surface area contributed by atoms with Gasteiger partial charge in [0.05, 0.1) is 18.1 Å². The van der Waals surface area contributed by atoms with Crippen molar-refractivity contribution in [2.45, 2.75) is 57.2 Å². The number of aliphatic imine (C=N–C) groups is 2. The normalized spacial score (nSPS) is 30.2. The molecule has 1 N–H and O–H groups in total. The molecule has 0 aromatic carbocycles. The molecule has 4 aliphatic rings. The number of rotatable bonds is 2. The number of hydrogen-bond acceptors (Lipinski definition) is 6. The van der Waals surface area contributed by atoms with Gasteiger partial charge in [0.1, 0.15) is 0 Å². The van der Waals surface area contributed by atoms with Crippen LogP contribution in [0.2, 0.25) is 0 Å². The van der Waals surface area contributed by atoms with E-state index in [1.54, 1.807) is 0 Å². The minimum Gasteiger partial charge on any atom is -0.358 e. The molecule has 3 heterocycles. The van der Waals surface area contributed by atoms with Gasteiger partial charge < -0.3 is 10.2 Å². The third kappa shape index (κ3) is 3.97. The second-order valence-electron chi connectivity index (χ2n) is 6.90. The van der Waals surface area contributed by atoms with E-state index in [-0.39, 0.29) is 30.4 Å². The lowest BCUT2D eigenvalue weighted by Gasteiger charge is -2.40. The first-order valence-corrected chi connectivity index (χ1v) is 9.65. The Balaban J connectivity index is 0.000000960. The van der Waals surface area contributed by atoms with Crippen molar-refractivity contribution in [1.82, 2.24) is 10.2 Å². The van der Waals surface area contributed by atoms with E-state index in [2.05, 4.69) is 34.5 Å². The molecule has 0 unspecified atom stereocenters. The Morgan fingerprint density at radius 3 is 2.96 bits per heavy atom. The zero-order valence-electron chi connectivity index (χ0n) is 13.4. The van der Waals surface area contributed by atoms with Gasteiger partial charge in [0.2, 0.25) is 0 Å². The van der Waals surface area contributed by atoms with Crippen molar-refractivity contribution in [2.24, 2.45) is 9.98 Å². The van der Waals surface area contributed by atoms with Crippen LogP contribution in [0.3, 0.4) is 0 Å². The molecule has 0 spiro atoms. The maximum Gasteiger partial charge on any atom is 0.168 e. The van der Waals surface area contributed by atoms with Crippen molar-refractivity contribution in [3.05, 3.63) is 11.1 Å². The largest absolute Gasteiger partial charge is 0.358 e. The molecule has 3 aliphatic heterocycles. The third-order valence-electron chi connectivity index (χ3n) is 4.51. The Kier molecular flexibility index (Phi) is 6.26. The van der Waals surface area contributed by atoms with Crippen molar-refractivity contribution >= 4 is 58.7 Å². The fourth-order valence-corrected chi connectivity index (χ4v) is 5.60. The van der Waals surface area contributed by atoms with Gasteiger partial charge in [0.25, 0.3) is 0 Å². The summed E-state index contributed by atoms with van der Waals surface area (Å²) in [5, 5.41) is 8.13. The molecule has 0 saturated heterocycles. The molecular formula is C15H24Cl2N4S2. The molecule has 0 radical (unpaired) electrons. The monoisotopic (exact) mass is 394 g/mol. The second kappa shape index (κ2) is 7.46. The molecule has 4 nitrogen and oxygen atoms in total.